The number of nitrogens with zero attached hydrogens (tertiary/aromatic N) is 3. The van der Waals surface area contributed by atoms with E-state index in [0.717, 1.165) is 43.1 Å². The van der Waals surface area contributed by atoms with Crippen LogP contribution in [0.1, 0.15) is 64.7 Å². The Bertz CT molecular complexity index is 694. The van der Waals surface area contributed by atoms with E-state index in [-0.39, 0.29) is 5.91 Å². The van der Waals surface area contributed by atoms with E-state index in [1.807, 2.05) is 10.3 Å². The van der Waals surface area contributed by atoms with E-state index in [4.69, 9.17) is 10.7 Å². The van der Waals surface area contributed by atoms with Crippen LogP contribution in [0.15, 0.2) is 10.8 Å². The highest BCUT2D eigenvalue weighted by Gasteiger charge is 2.28. The van der Waals surface area contributed by atoms with Gasteiger partial charge in [0.15, 0.2) is 0 Å². The van der Waals surface area contributed by atoms with Crippen molar-refractivity contribution in [2.75, 3.05) is 19.6 Å². The highest BCUT2D eigenvalue weighted by Crippen LogP contribution is 2.31. The van der Waals surface area contributed by atoms with Crippen molar-refractivity contribution in [1.29, 1.82) is 0 Å². The van der Waals surface area contributed by atoms with Crippen molar-refractivity contribution in [3.05, 3.63) is 32.2 Å². The third-order valence-corrected chi connectivity index (χ3v) is 6.25. The van der Waals surface area contributed by atoms with Crippen LogP contribution in [0, 0.1) is 0 Å². The van der Waals surface area contributed by atoms with Crippen molar-refractivity contribution in [2.24, 2.45) is 5.73 Å². The van der Waals surface area contributed by atoms with Gasteiger partial charge in [-0.3, -0.25) is 4.79 Å². The predicted molar refractivity (Wildman–Crippen MR) is 99.0 cm³/mol. The first-order valence-electron chi connectivity index (χ1n) is 8.47. The lowest BCUT2D eigenvalue weighted by Crippen LogP contribution is -2.39. The fourth-order valence-electron chi connectivity index (χ4n) is 2.93. The number of piperidine rings is 1. The maximum absolute atomic E-state index is 12.7. The second-order valence-corrected chi connectivity index (χ2v) is 8.35. The Labute approximate surface area is 150 Å². The van der Waals surface area contributed by atoms with Crippen molar-refractivity contribution in [3.63, 3.8) is 0 Å². The summed E-state index contributed by atoms with van der Waals surface area (Å²) in [6.45, 7) is 6.44. The summed E-state index contributed by atoms with van der Waals surface area (Å²) in [7, 11) is 0. The average Bonchev–Trinajstić information content (AvgIpc) is 3.24. The SMILES string of the molecule is CC(C)c1csc(C2CCCN(C(=O)c3csc(CCN)n3)C2)n1. The minimum absolute atomic E-state index is 0.0415. The topological polar surface area (TPSA) is 72.1 Å². The predicted octanol–water partition coefficient (Wildman–Crippen LogP) is 3.24. The number of hydrogen-bond donors (Lipinski definition) is 1. The smallest absolute Gasteiger partial charge is 0.273 e. The molecule has 0 saturated carbocycles. The molecule has 0 bridgehead atoms. The number of hydrogen-bond acceptors (Lipinski definition) is 6. The lowest BCUT2D eigenvalue weighted by atomic mass is 9.98. The molecule has 24 heavy (non-hydrogen) atoms. The molecule has 2 aromatic rings. The van der Waals surface area contributed by atoms with Gasteiger partial charge < -0.3 is 10.6 Å². The third kappa shape index (κ3) is 3.84. The second kappa shape index (κ2) is 7.72. The standard InChI is InChI=1S/C17H24N4OS2/c1-11(2)13-9-24-16(20-13)12-4-3-7-21(8-12)17(22)14-10-23-15(19-14)5-6-18/h9-12H,3-8,18H2,1-2H3. The molecular weight excluding hydrogens is 340 g/mol. The van der Waals surface area contributed by atoms with Crippen molar-refractivity contribution >= 4 is 28.6 Å². The van der Waals surface area contributed by atoms with Crippen LogP contribution in [0.4, 0.5) is 0 Å². The van der Waals surface area contributed by atoms with Gasteiger partial charge in [0.2, 0.25) is 0 Å². The normalized spacial score (nSPS) is 18.3. The summed E-state index contributed by atoms with van der Waals surface area (Å²) in [6.07, 6.45) is 2.86. The van der Waals surface area contributed by atoms with Gasteiger partial charge >= 0.3 is 0 Å². The molecule has 3 rings (SSSR count). The molecule has 3 heterocycles. The molecule has 2 N–H and O–H groups in total. The first-order chi connectivity index (χ1) is 11.6. The van der Waals surface area contributed by atoms with Gasteiger partial charge in [-0.05, 0) is 25.3 Å². The van der Waals surface area contributed by atoms with Gasteiger partial charge in [-0.2, -0.15) is 0 Å². The molecular formula is C17H24N4OS2. The second-order valence-electron chi connectivity index (χ2n) is 6.52. The summed E-state index contributed by atoms with van der Waals surface area (Å²) in [6, 6.07) is 0. The molecule has 5 nitrogen and oxygen atoms in total. The van der Waals surface area contributed by atoms with E-state index in [1.165, 1.54) is 16.3 Å². The van der Waals surface area contributed by atoms with Gasteiger partial charge in [0.05, 0.1) is 15.7 Å². The number of nitrogens with two attached hydrogens (primary N) is 1. The zero-order valence-corrected chi connectivity index (χ0v) is 15.8. The van der Waals surface area contributed by atoms with Gasteiger partial charge in [0, 0.05) is 36.2 Å². The van der Waals surface area contributed by atoms with Gasteiger partial charge in [-0.15, -0.1) is 22.7 Å². The fraction of sp³-hybridized carbons (Fsp3) is 0.588. The Morgan fingerprint density at radius 3 is 2.92 bits per heavy atom. The molecule has 1 unspecified atom stereocenters. The van der Waals surface area contributed by atoms with Gasteiger partial charge in [-0.25, -0.2) is 9.97 Å². The van der Waals surface area contributed by atoms with Gasteiger partial charge in [-0.1, -0.05) is 13.8 Å². The molecule has 1 aliphatic heterocycles. The molecule has 1 aliphatic rings. The van der Waals surface area contributed by atoms with E-state index in [1.54, 1.807) is 11.3 Å². The lowest BCUT2D eigenvalue weighted by molar-refractivity contribution is 0.0701. The third-order valence-electron chi connectivity index (χ3n) is 4.32. The van der Waals surface area contributed by atoms with Crippen LogP contribution in [-0.2, 0) is 6.42 Å². The maximum Gasteiger partial charge on any atom is 0.273 e. The highest BCUT2D eigenvalue weighted by molar-refractivity contribution is 7.10. The van der Waals surface area contributed by atoms with Crippen LogP contribution in [0.3, 0.4) is 0 Å². The summed E-state index contributed by atoms with van der Waals surface area (Å²) in [5, 5.41) is 6.12. The Morgan fingerprint density at radius 2 is 2.21 bits per heavy atom. The first kappa shape index (κ1) is 17.5. The van der Waals surface area contributed by atoms with Crippen molar-refractivity contribution in [1.82, 2.24) is 14.9 Å². The van der Waals surface area contributed by atoms with E-state index in [2.05, 4.69) is 24.2 Å². The van der Waals surface area contributed by atoms with Crippen LogP contribution in [0.2, 0.25) is 0 Å². The lowest BCUT2D eigenvalue weighted by Gasteiger charge is -2.31. The number of aromatic nitrogens is 2. The summed E-state index contributed by atoms with van der Waals surface area (Å²) in [5.74, 6) is 0.842. The number of rotatable bonds is 5. The van der Waals surface area contributed by atoms with Crippen molar-refractivity contribution in [3.8, 4) is 0 Å². The largest absolute Gasteiger partial charge is 0.337 e. The molecule has 0 radical (unpaired) electrons. The zero-order valence-electron chi connectivity index (χ0n) is 14.2. The van der Waals surface area contributed by atoms with Crippen molar-refractivity contribution < 1.29 is 4.79 Å². The minimum Gasteiger partial charge on any atom is -0.337 e. The van der Waals surface area contributed by atoms with Crippen molar-refractivity contribution in [2.45, 2.75) is 44.9 Å². The molecule has 2 aromatic heterocycles. The first-order valence-corrected chi connectivity index (χ1v) is 10.2. The molecule has 1 fully saturated rings. The maximum atomic E-state index is 12.7. The summed E-state index contributed by atoms with van der Waals surface area (Å²) >= 11 is 3.25. The Kier molecular flexibility index (Phi) is 5.63. The van der Waals surface area contributed by atoms with Gasteiger partial charge in [0.1, 0.15) is 5.69 Å². The molecule has 0 spiro atoms. The van der Waals surface area contributed by atoms with Crippen LogP contribution in [0.25, 0.3) is 0 Å². The van der Waals surface area contributed by atoms with E-state index >= 15 is 0 Å². The summed E-state index contributed by atoms with van der Waals surface area (Å²) in [4.78, 5) is 23.9. The van der Waals surface area contributed by atoms with E-state index < -0.39 is 0 Å². The number of thiazole rings is 2. The zero-order chi connectivity index (χ0) is 17.1. The van der Waals surface area contributed by atoms with Crippen LogP contribution in [-0.4, -0.2) is 40.4 Å². The number of amides is 1. The number of carbonyl (C=O) groups is 1. The average molecular weight is 365 g/mol. The Balaban J connectivity index is 1.68. The van der Waals surface area contributed by atoms with Crippen LogP contribution in [0.5, 0.6) is 0 Å². The monoisotopic (exact) mass is 364 g/mol. The minimum atomic E-state index is 0.0415. The summed E-state index contributed by atoms with van der Waals surface area (Å²) < 4.78 is 0. The Morgan fingerprint density at radius 1 is 1.38 bits per heavy atom. The molecule has 0 aliphatic carbocycles. The van der Waals surface area contributed by atoms with E-state index in [9.17, 15) is 4.79 Å². The fourth-order valence-corrected chi connectivity index (χ4v) is 4.82. The molecule has 7 heteroatoms. The summed E-state index contributed by atoms with van der Waals surface area (Å²) in [5.41, 5.74) is 7.28. The molecule has 1 atom stereocenters. The number of carbonyl (C=O) groups excluding carboxylic acids is 1. The molecule has 1 amide bonds. The van der Waals surface area contributed by atoms with E-state index in [0.29, 0.717) is 24.1 Å². The highest BCUT2D eigenvalue weighted by atomic mass is 32.1. The van der Waals surface area contributed by atoms with Crippen LogP contribution < -0.4 is 5.73 Å². The quantitative estimate of drug-likeness (QED) is 0.884. The molecule has 130 valence electrons. The Hall–Kier alpha value is -1.31. The number of likely N-dealkylation sites (tertiary alicyclic amines) is 1. The molecule has 1 saturated heterocycles. The molecule has 0 aromatic carbocycles. The van der Waals surface area contributed by atoms with Crippen LogP contribution >= 0.6 is 22.7 Å². The van der Waals surface area contributed by atoms with Gasteiger partial charge in [0.25, 0.3) is 5.91 Å².